The van der Waals surface area contributed by atoms with Crippen LogP contribution in [0.15, 0.2) is 54.6 Å². The van der Waals surface area contributed by atoms with E-state index >= 15 is 0 Å². The molecule has 1 N–H and O–H groups in total. The molecule has 0 aliphatic carbocycles. The maximum Gasteiger partial charge on any atom is 0.344 e. The van der Waals surface area contributed by atoms with Crippen LogP contribution in [0.5, 0.6) is 5.75 Å². The monoisotopic (exact) mass is 303 g/mol. The molecule has 0 spiro atoms. The van der Waals surface area contributed by atoms with Crippen LogP contribution in [0.1, 0.15) is 0 Å². The van der Waals surface area contributed by atoms with E-state index in [1.54, 1.807) is 24.3 Å². The van der Waals surface area contributed by atoms with Gasteiger partial charge in [0.2, 0.25) is 0 Å². The van der Waals surface area contributed by atoms with E-state index in [0.29, 0.717) is 11.4 Å². The summed E-state index contributed by atoms with van der Waals surface area (Å²) in [6.45, 7) is -0.759. The summed E-state index contributed by atoms with van der Waals surface area (Å²) in [5, 5.41) is 2.41. The van der Waals surface area contributed by atoms with Gasteiger partial charge in [0, 0.05) is 5.69 Å². The minimum absolute atomic E-state index is 0.293. The molecule has 2 rings (SSSR count). The normalized spacial score (nSPS) is 9.86. The molecular weight excluding hydrogens is 289 g/mol. The highest BCUT2D eigenvalue weighted by Crippen LogP contribution is 2.09. The maximum atomic E-state index is 12.9. The zero-order valence-electron chi connectivity index (χ0n) is 11.6. The molecule has 0 saturated carbocycles. The number of carbonyl (C=O) groups excluding carboxylic acids is 2. The van der Waals surface area contributed by atoms with Gasteiger partial charge in [-0.05, 0) is 30.3 Å². The summed E-state index contributed by atoms with van der Waals surface area (Å²) >= 11 is 0. The van der Waals surface area contributed by atoms with Crippen molar-refractivity contribution in [2.75, 3.05) is 18.5 Å². The van der Waals surface area contributed by atoms with Crippen molar-refractivity contribution in [2.45, 2.75) is 0 Å². The third-order valence-electron chi connectivity index (χ3n) is 2.57. The Balaban J connectivity index is 1.70. The zero-order chi connectivity index (χ0) is 15.8. The number of ether oxygens (including phenoxy) is 2. The minimum Gasteiger partial charge on any atom is -0.482 e. The number of carbonyl (C=O) groups is 2. The summed E-state index contributed by atoms with van der Waals surface area (Å²) in [4.78, 5) is 23.0. The van der Waals surface area contributed by atoms with E-state index in [1.807, 2.05) is 6.07 Å². The van der Waals surface area contributed by atoms with Crippen molar-refractivity contribution in [2.24, 2.45) is 0 Å². The number of benzene rings is 2. The molecule has 2 aromatic rings. The van der Waals surface area contributed by atoms with Crippen molar-refractivity contribution in [3.05, 3.63) is 60.4 Å². The Morgan fingerprint density at radius 3 is 2.50 bits per heavy atom. The summed E-state index contributed by atoms with van der Waals surface area (Å²) in [5.74, 6) is -1.16. The van der Waals surface area contributed by atoms with Gasteiger partial charge in [0.25, 0.3) is 5.91 Å². The van der Waals surface area contributed by atoms with Gasteiger partial charge in [-0.15, -0.1) is 0 Å². The lowest BCUT2D eigenvalue weighted by molar-refractivity contribution is -0.149. The first-order valence-corrected chi connectivity index (χ1v) is 6.52. The second-order valence-corrected chi connectivity index (χ2v) is 4.32. The lowest BCUT2D eigenvalue weighted by Crippen LogP contribution is -2.23. The number of amides is 1. The van der Waals surface area contributed by atoms with Gasteiger partial charge in [-0.25, -0.2) is 9.18 Å². The molecule has 1 amide bonds. The van der Waals surface area contributed by atoms with Gasteiger partial charge in [0.15, 0.2) is 13.2 Å². The van der Waals surface area contributed by atoms with Crippen LogP contribution in [0, 0.1) is 5.82 Å². The summed E-state index contributed by atoms with van der Waals surface area (Å²) in [6, 6.07) is 14.2. The van der Waals surface area contributed by atoms with Crippen LogP contribution in [0.4, 0.5) is 10.1 Å². The van der Waals surface area contributed by atoms with E-state index < -0.39 is 24.3 Å². The third kappa shape index (κ3) is 5.24. The average molecular weight is 303 g/mol. The molecule has 22 heavy (non-hydrogen) atoms. The Kier molecular flexibility index (Phi) is 5.48. The van der Waals surface area contributed by atoms with Gasteiger partial charge in [-0.3, -0.25) is 4.79 Å². The van der Waals surface area contributed by atoms with Crippen LogP contribution in [0.25, 0.3) is 0 Å². The van der Waals surface area contributed by atoms with E-state index in [4.69, 9.17) is 9.47 Å². The molecule has 0 fully saturated rings. The molecule has 0 aromatic heterocycles. The predicted molar refractivity (Wildman–Crippen MR) is 77.9 cm³/mol. The van der Waals surface area contributed by atoms with Gasteiger partial charge in [-0.2, -0.15) is 0 Å². The predicted octanol–water partition coefficient (Wildman–Crippen LogP) is 2.39. The molecule has 0 radical (unpaired) electrons. The fourth-order valence-corrected chi connectivity index (χ4v) is 1.61. The topological polar surface area (TPSA) is 64.6 Å². The molecule has 0 atom stereocenters. The van der Waals surface area contributed by atoms with Crippen LogP contribution in [0.2, 0.25) is 0 Å². The molecule has 2 aromatic carbocycles. The van der Waals surface area contributed by atoms with Crippen molar-refractivity contribution >= 4 is 17.6 Å². The molecule has 0 aliphatic heterocycles. The highest BCUT2D eigenvalue weighted by atomic mass is 19.1. The highest BCUT2D eigenvalue weighted by molar-refractivity contribution is 5.92. The standard InChI is InChI=1S/C16H14FNO4/c17-12-5-4-6-13(9-12)18-15(19)10-22-16(20)11-21-14-7-2-1-3-8-14/h1-9H,10-11H2,(H,18,19). The largest absolute Gasteiger partial charge is 0.482 e. The maximum absolute atomic E-state index is 12.9. The van der Waals surface area contributed by atoms with Crippen molar-refractivity contribution < 1.29 is 23.5 Å². The van der Waals surface area contributed by atoms with Crippen LogP contribution < -0.4 is 10.1 Å². The Labute approximate surface area is 126 Å². The second kappa shape index (κ2) is 7.78. The molecule has 0 unspecified atom stereocenters. The van der Waals surface area contributed by atoms with Crippen LogP contribution >= 0.6 is 0 Å². The van der Waals surface area contributed by atoms with Gasteiger partial charge < -0.3 is 14.8 Å². The van der Waals surface area contributed by atoms with Gasteiger partial charge in [0.05, 0.1) is 0 Å². The Bertz CT molecular complexity index is 646. The lowest BCUT2D eigenvalue weighted by atomic mass is 10.3. The molecule has 0 saturated heterocycles. The number of nitrogens with one attached hydrogen (secondary N) is 1. The van der Waals surface area contributed by atoms with E-state index in [9.17, 15) is 14.0 Å². The summed E-state index contributed by atoms with van der Waals surface area (Å²) in [6.07, 6.45) is 0. The van der Waals surface area contributed by atoms with E-state index in [-0.39, 0.29) is 6.61 Å². The van der Waals surface area contributed by atoms with Crippen molar-refractivity contribution in [1.29, 1.82) is 0 Å². The molecule has 0 heterocycles. The first-order valence-electron chi connectivity index (χ1n) is 6.52. The minimum atomic E-state index is -0.668. The van der Waals surface area contributed by atoms with Crippen molar-refractivity contribution in [1.82, 2.24) is 0 Å². The van der Waals surface area contributed by atoms with Gasteiger partial charge in [0.1, 0.15) is 11.6 Å². The summed E-state index contributed by atoms with van der Waals surface area (Å²) < 4.78 is 22.9. The molecule has 0 bridgehead atoms. The molecule has 114 valence electrons. The number of para-hydroxylation sites is 1. The third-order valence-corrected chi connectivity index (χ3v) is 2.57. The molecule has 6 heteroatoms. The number of hydrogen-bond acceptors (Lipinski definition) is 4. The van der Waals surface area contributed by atoms with E-state index in [0.717, 1.165) is 6.07 Å². The van der Waals surface area contributed by atoms with E-state index in [1.165, 1.54) is 18.2 Å². The zero-order valence-corrected chi connectivity index (χ0v) is 11.6. The average Bonchev–Trinajstić information content (AvgIpc) is 2.52. The van der Waals surface area contributed by atoms with E-state index in [2.05, 4.69) is 5.32 Å². The summed E-state index contributed by atoms with van der Waals surface area (Å²) in [7, 11) is 0. The fourth-order valence-electron chi connectivity index (χ4n) is 1.61. The Hall–Kier alpha value is -2.89. The Morgan fingerprint density at radius 2 is 1.77 bits per heavy atom. The van der Waals surface area contributed by atoms with Crippen molar-refractivity contribution in [3.63, 3.8) is 0 Å². The smallest absolute Gasteiger partial charge is 0.344 e. The molecule has 5 nitrogen and oxygen atoms in total. The number of rotatable bonds is 6. The first kappa shape index (κ1) is 15.5. The Morgan fingerprint density at radius 1 is 1.00 bits per heavy atom. The second-order valence-electron chi connectivity index (χ2n) is 4.32. The SMILES string of the molecule is O=C(COC(=O)COc1ccccc1)Nc1cccc(F)c1. The molecular formula is C16H14FNO4. The van der Waals surface area contributed by atoms with Crippen molar-refractivity contribution in [3.8, 4) is 5.75 Å². The first-order chi connectivity index (χ1) is 10.6. The number of hydrogen-bond donors (Lipinski definition) is 1. The van der Waals surface area contributed by atoms with Crippen LogP contribution in [-0.4, -0.2) is 25.1 Å². The van der Waals surface area contributed by atoms with Gasteiger partial charge >= 0.3 is 5.97 Å². The fraction of sp³-hybridized carbons (Fsp3) is 0.125. The van der Waals surface area contributed by atoms with Gasteiger partial charge in [-0.1, -0.05) is 24.3 Å². The lowest BCUT2D eigenvalue weighted by Gasteiger charge is -2.08. The molecule has 0 aliphatic rings. The van der Waals surface area contributed by atoms with Crippen LogP contribution in [-0.2, 0) is 14.3 Å². The number of anilines is 1. The number of esters is 1. The quantitative estimate of drug-likeness (QED) is 0.832. The van der Waals surface area contributed by atoms with Crippen LogP contribution in [0.3, 0.4) is 0 Å². The number of halogens is 1. The summed E-state index contributed by atoms with van der Waals surface area (Å²) in [5.41, 5.74) is 0.293. The highest BCUT2D eigenvalue weighted by Gasteiger charge is 2.09.